The van der Waals surface area contributed by atoms with Crippen molar-refractivity contribution < 1.29 is 18.4 Å². The molecule has 0 aliphatic carbocycles. The molecule has 0 radical (unpaired) electrons. The monoisotopic (exact) mass is 387 g/mol. The van der Waals surface area contributed by atoms with E-state index in [4.69, 9.17) is 0 Å². The fourth-order valence-electron chi connectivity index (χ4n) is 3.25. The van der Waals surface area contributed by atoms with Crippen LogP contribution in [0.3, 0.4) is 0 Å². The highest BCUT2D eigenvalue weighted by Gasteiger charge is 2.21. The molecule has 148 valence electrons. The van der Waals surface area contributed by atoms with Gasteiger partial charge in [-0.25, -0.2) is 8.78 Å². The maximum absolute atomic E-state index is 13.4. The summed E-state index contributed by atoms with van der Waals surface area (Å²) >= 11 is 0. The standard InChI is InChI=1S/C21H23F2N3O2/c22-17-5-1-4-16(14-17)21(28)26-10-3-9-25(12-13-26)11-8-20(27)24-19-7-2-6-18(23)15-19/h1-2,4-7,14-15H,3,8-13H2,(H,24,27). The normalized spacial score (nSPS) is 15.1. The zero-order valence-corrected chi connectivity index (χ0v) is 15.5. The predicted molar refractivity (Wildman–Crippen MR) is 103 cm³/mol. The van der Waals surface area contributed by atoms with E-state index >= 15 is 0 Å². The van der Waals surface area contributed by atoms with Crippen molar-refractivity contribution >= 4 is 17.5 Å². The molecule has 2 aromatic rings. The van der Waals surface area contributed by atoms with E-state index in [0.717, 1.165) is 13.0 Å². The van der Waals surface area contributed by atoms with E-state index in [-0.39, 0.29) is 18.2 Å². The van der Waals surface area contributed by atoms with Crippen molar-refractivity contribution in [1.82, 2.24) is 9.80 Å². The van der Waals surface area contributed by atoms with Crippen LogP contribution in [-0.2, 0) is 4.79 Å². The van der Waals surface area contributed by atoms with Crippen molar-refractivity contribution in [2.24, 2.45) is 0 Å². The van der Waals surface area contributed by atoms with Crippen LogP contribution in [0.25, 0.3) is 0 Å². The van der Waals surface area contributed by atoms with Gasteiger partial charge in [-0.1, -0.05) is 12.1 Å². The molecule has 2 amide bonds. The molecule has 0 saturated carbocycles. The molecule has 0 unspecified atom stereocenters. The molecule has 1 heterocycles. The van der Waals surface area contributed by atoms with Gasteiger partial charge in [-0.3, -0.25) is 9.59 Å². The second-order valence-electron chi connectivity index (χ2n) is 6.81. The second-order valence-corrected chi connectivity index (χ2v) is 6.81. The van der Waals surface area contributed by atoms with Gasteiger partial charge >= 0.3 is 0 Å². The average molecular weight is 387 g/mol. The fourth-order valence-corrected chi connectivity index (χ4v) is 3.25. The number of carbonyl (C=O) groups is 2. The van der Waals surface area contributed by atoms with Crippen LogP contribution in [0.15, 0.2) is 48.5 Å². The maximum Gasteiger partial charge on any atom is 0.254 e. The van der Waals surface area contributed by atoms with E-state index in [1.807, 2.05) is 0 Å². The van der Waals surface area contributed by atoms with Crippen LogP contribution in [0.5, 0.6) is 0 Å². The van der Waals surface area contributed by atoms with E-state index in [0.29, 0.717) is 37.4 Å². The zero-order valence-electron chi connectivity index (χ0n) is 15.5. The summed E-state index contributed by atoms with van der Waals surface area (Å²) in [6, 6.07) is 11.5. The van der Waals surface area contributed by atoms with Crippen LogP contribution in [0.2, 0.25) is 0 Å². The first-order valence-electron chi connectivity index (χ1n) is 9.34. The number of rotatable bonds is 5. The Kier molecular flexibility index (Phi) is 6.71. The van der Waals surface area contributed by atoms with E-state index < -0.39 is 11.6 Å². The lowest BCUT2D eigenvalue weighted by Crippen LogP contribution is -2.36. The average Bonchev–Trinajstić information content (AvgIpc) is 2.91. The Morgan fingerprint density at radius 3 is 2.43 bits per heavy atom. The van der Waals surface area contributed by atoms with Gasteiger partial charge in [0.2, 0.25) is 5.91 Å². The molecule has 7 heteroatoms. The second kappa shape index (κ2) is 9.41. The minimum atomic E-state index is -0.424. The van der Waals surface area contributed by atoms with Crippen molar-refractivity contribution in [2.75, 3.05) is 38.0 Å². The third-order valence-corrected chi connectivity index (χ3v) is 4.71. The topological polar surface area (TPSA) is 52.7 Å². The van der Waals surface area contributed by atoms with Gasteiger partial charge in [0.15, 0.2) is 0 Å². The summed E-state index contributed by atoms with van der Waals surface area (Å²) in [6.07, 6.45) is 1.07. The van der Waals surface area contributed by atoms with Crippen molar-refractivity contribution in [1.29, 1.82) is 0 Å². The summed E-state index contributed by atoms with van der Waals surface area (Å²) in [5.41, 5.74) is 0.788. The van der Waals surface area contributed by atoms with Gasteiger partial charge in [-0.05, 0) is 49.4 Å². The molecule has 5 nitrogen and oxygen atoms in total. The number of nitrogens with one attached hydrogen (secondary N) is 1. The van der Waals surface area contributed by atoms with Crippen LogP contribution in [-0.4, -0.2) is 54.3 Å². The first-order valence-corrected chi connectivity index (χ1v) is 9.34. The van der Waals surface area contributed by atoms with Crippen LogP contribution >= 0.6 is 0 Å². The lowest BCUT2D eigenvalue weighted by atomic mass is 10.2. The van der Waals surface area contributed by atoms with E-state index in [9.17, 15) is 18.4 Å². The minimum absolute atomic E-state index is 0.176. The van der Waals surface area contributed by atoms with Crippen LogP contribution in [0.4, 0.5) is 14.5 Å². The van der Waals surface area contributed by atoms with Gasteiger partial charge in [0, 0.05) is 43.9 Å². The fraction of sp³-hybridized carbons (Fsp3) is 0.333. The molecule has 1 saturated heterocycles. The zero-order chi connectivity index (χ0) is 19.9. The van der Waals surface area contributed by atoms with E-state index in [1.165, 1.54) is 30.3 Å². The molecular formula is C21H23F2N3O2. The van der Waals surface area contributed by atoms with Crippen molar-refractivity contribution in [3.8, 4) is 0 Å². The minimum Gasteiger partial charge on any atom is -0.337 e. The molecule has 1 fully saturated rings. The highest BCUT2D eigenvalue weighted by molar-refractivity contribution is 5.94. The first kappa shape index (κ1) is 19.9. The number of hydrogen-bond acceptors (Lipinski definition) is 3. The van der Waals surface area contributed by atoms with E-state index in [1.54, 1.807) is 23.1 Å². The molecule has 0 spiro atoms. The molecule has 0 atom stereocenters. The molecule has 1 aliphatic heterocycles. The van der Waals surface area contributed by atoms with Crippen LogP contribution < -0.4 is 5.32 Å². The number of hydrogen-bond donors (Lipinski definition) is 1. The quantitative estimate of drug-likeness (QED) is 0.858. The number of benzene rings is 2. The lowest BCUT2D eigenvalue weighted by Gasteiger charge is -2.22. The van der Waals surface area contributed by atoms with Crippen molar-refractivity contribution in [2.45, 2.75) is 12.8 Å². The predicted octanol–water partition coefficient (Wildman–Crippen LogP) is 3.14. The summed E-state index contributed by atoms with van der Waals surface area (Å²) in [5.74, 6) is -1.17. The Morgan fingerprint density at radius 2 is 1.68 bits per heavy atom. The van der Waals surface area contributed by atoms with Gasteiger partial charge < -0.3 is 15.1 Å². The van der Waals surface area contributed by atoms with Crippen molar-refractivity contribution in [3.05, 3.63) is 65.7 Å². The molecule has 1 N–H and O–H groups in total. The van der Waals surface area contributed by atoms with Crippen LogP contribution in [0.1, 0.15) is 23.2 Å². The van der Waals surface area contributed by atoms with E-state index in [2.05, 4.69) is 10.2 Å². The summed E-state index contributed by atoms with van der Waals surface area (Å²) in [4.78, 5) is 28.5. The number of carbonyl (C=O) groups excluding carboxylic acids is 2. The summed E-state index contributed by atoms with van der Waals surface area (Å²) in [6.45, 7) is 3.11. The third-order valence-electron chi connectivity index (χ3n) is 4.71. The number of nitrogens with zero attached hydrogens (tertiary/aromatic N) is 2. The van der Waals surface area contributed by atoms with Crippen molar-refractivity contribution in [3.63, 3.8) is 0 Å². The molecule has 0 bridgehead atoms. The summed E-state index contributed by atoms with van der Waals surface area (Å²) in [7, 11) is 0. The van der Waals surface area contributed by atoms with Gasteiger partial charge in [-0.2, -0.15) is 0 Å². The SMILES string of the molecule is O=C(CCN1CCCN(C(=O)c2cccc(F)c2)CC1)Nc1cccc(F)c1. The Balaban J connectivity index is 1.47. The Morgan fingerprint density at radius 1 is 0.929 bits per heavy atom. The molecule has 0 aromatic heterocycles. The lowest BCUT2D eigenvalue weighted by molar-refractivity contribution is -0.116. The summed E-state index contributed by atoms with van der Waals surface area (Å²) in [5, 5.41) is 2.69. The summed E-state index contributed by atoms with van der Waals surface area (Å²) < 4.78 is 26.5. The van der Waals surface area contributed by atoms with Gasteiger partial charge in [0.25, 0.3) is 5.91 Å². The largest absolute Gasteiger partial charge is 0.337 e. The molecule has 1 aliphatic rings. The number of amides is 2. The third kappa shape index (κ3) is 5.60. The van der Waals surface area contributed by atoms with Gasteiger partial charge in [-0.15, -0.1) is 0 Å². The van der Waals surface area contributed by atoms with Gasteiger partial charge in [0.05, 0.1) is 0 Å². The smallest absolute Gasteiger partial charge is 0.254 e. The highest BCUT2D eigenvalue weighted by atomic mass is 19.1. The Bertz CT molecular complexity index is 844. The number of halogens is 2. The highest BCUT2D eigenvalue weighted by Crippen LogP contribution is 2.12. The maximum atomic E-state index is 13.4. The van der Waals surface area contributed by atoms with Gasteiger partial charge in [0.1, 0.15) is 11.6 Å². The molecule has 2 aromatic carbocycles. The Hall–Kier alpha value is -2.80. The molecular weight excluding hydrogens is 364 g/mol. The number of anilines is 1. The molecule has 28 heavy (non-hydrogen) atoms. The molecule has 3 rings (SSSR count). The van der Waals surface area contributed by atoms with Crippen LogP contribution in [0, 0.1) is 11.6 Å². The Labute approximate surface area is 162 Å². The first-order chi connectivity index (χ1) is 13.5.